The number of ether oxygens (including phenoxy) is 1. The SMILES string of the molecule is COCCN(CC1CCCN1)C(=O)/C=C/c1ccco1. The summed E-state index contributed by atoms with van der Waals surface area (Å²) in [5.74, 6) is 0.677. The van der Waals surface area contributed by atoms with Crippen LogP contribution in [0.4, 0.5) is 0 Å². The highest BCUT2D eigenvalue weighted by molar-refractivity contribution is 5.91. The Morgan fingerprint density at radius 2 is 2.55 bits per heavy atom. The van der Waals surface area contributed by atoms with Gasteiger partial charge in [-0.05, 0) is 37.6 Å². The number of hydrogen-bond acceptors (Lipinski definition) is 4. The summed E-state index contributed by atoms with van der Waals surface area (Å²) in [7, 11) is 1.65. The van der Waals surface area contributed by atoms with Crippen LogP contribution >= 0.6 is 0 Å². The van der Waals surface area contributed by atoms with Gasteiger partial charge in [0.2, 0.25) is 5.91 Å². The van der Waals surface area contributed by atoms with E-state index in [1.54, 1.807) is 31.6 Å². The maximum atomic E-state index is 12.2. The zero-order valence-corrected chi connectivity index (χ0v) is 11.9. The Bertz CT molecular complexity index is 422. The average molecular weight is 278 g/mol. The van der Waals surface area contributed by atoms with Gasteiger partial charge < -0.3 is 19.4 Å². The summed E-state index contributed by atoms with van der Waals surface area (Å²) in [6.07, 6.45) is 7.15. The van der Waals surface area contributed by atoms with Crippen molar-refractivity contribution in [3.63, 3.8) is 0 Å². The maximum Gasteiger partial charge on any atom is 0.246 e. The predicted molar refractivity (Wildman–Crippen MR) is 77.2 cm³/mol. The van der Waals surface area contributed by atoms with Crippen molar-refractivity contribution in [1.82, 2.24) is 10.2 Å². The van der Waals surface area contributed by atoms with Crippen molar-refractivity contribution in [2.75, 3.05) is 33.4 Å². The molecule has 0 radical (unpaired) electrons. The first-order valence-corrected chi connectivity index (χ1v) is 7.02. The zero-order chi connectivity index (χ0) is 14.2. The number of hydrogen-bond donors (Lipinski definition) is 1. The molecule has 2 rings (SSSR count). The number of furan rings is 1. The van der Waals surface area contributed by atoms with Gasteiger partial charge in [0.15, 0.2) is 0 Å². The van der Waals surface area contributed by atoms with Gasteiger partial charge in [0, 0.05) is 32.3 Å². The molecule has 1 aliphatic rings. The number of amides is 1. The molecule has 0 saturated carbocycles. The standard InChI is InChI=1S/C15H22N2O3/c1-19-11-9-17(12-13-4-2-8-16-13)15(18)7-6-14-5-3-10-20-14/h3,5-7,10,13,16H,2,4,8-9,11-12H2,1H3/b7-6+. The van der Waals surface area contributed by atoms with Crippen LogP contribution in [0.25, 0.3) is 6.08 Å². The van der Waals surface area contributed by atoms with Crippen LogP contribution in [-0.4, -0.2) is 50.2 Å². The number of methoxy groups -OCH3 is 1. The average Bonchev–Trinajstić information content (AvgIpc) is 3.13. The molecule has 110 valence electrons. The second kappa shape index (κ2) is 7.87. The number of nitrogens with zero attached hydrogens (tertiary/aromatic N) is 1. The Morgan fingerprint density at radius 3 is 3.20 bits per heavy atom. The summed E-state index contributed by atoms with van der Waals surface area (Å²) in [5.41, 5.74) is 0. The Kier molecular flexibility index (Phi) is 5.83. The Morgan fingerprint density at radius 1 is 1.65 bits per heavy atom. The summed E-state index contributed by atoms with van der Waals surface area (Å²) < 4.78 is 10.3. The van der Waals surface area contributed by atoms with Crippen LogP contribution in [0, 0.1) is 0 Å². The lowest BCUT2D eigenvalue weighted by Gasteiger charge is -2.24. The molecule has 1 aromatic heterocycles. The highest BCUT2D eigenvalue weighted by Crippen LogP contribution is 2.08. The van der Waals surface area contributed by atoms with Crippen molar-refractivity contribution < 1.29 is 13.9 Å². The topological polar surface area (TPSA) is 54.7 Å². The molecular weight excluding hydrogens is 256 g/mol. The monoisotopic (exact) mass is 278 g/mol. The molecule has 5 heteroatoms. The third kappa shape index (κ3) is 4.51. The first-order valence-electron chi connectivity index (χ1n) is 7.02. The molecule has 1 fully saturated rings. The summed E-state index contributed by atoms with van der Waals surface area (Å²) in [5, 5.41) is 3.41. The van der Waals surface area contributed by atoms with Gasteiger partial charge in [-0.2, -0.15) is 0 Å². The smallest absolute Gasteiger partial charge is 0.246 e. The molecular formula is C15H22N2O3. The van der Waals surface area contributed by atoms with E-state index in [4.69, 9.17) is 9.15 Å². The second-order valence-electron chi connectivity index (χ2n) is 4.92. The first-order chi connectivity index (χ1) is 9.79. The third-order valence-electron chi connectivity index (χ3n) is 3.41. The molecule has 1 saturated heterocycles. The molecule has 1 aromatic rings. The molecule has 1 aliphatic heterocycles. The lowest BCUT2D eigenvalue weighted by molar-refractivity contribution is -0.126. The van der Waals surface area contributed by atoms with E-state index in [1.165, 1.54) is 6.42 Å². The molecule has 0 spiro atoms. The van der Waals surface area contributed by atoms with E-state index >= 15 is 0 Å². The van der Waals surface area contributed by atoms with E-state index in [0.29, 0.717) is 25.0 Å². The van der Waals surface area contributed by atoms with Crippen molar-refractivity contribution in [3.05, 3.63) is 30.2 Å². The first kappa shape index (κ1) is 14.8. The minimum Gasteiger partial charge on any atom is -0.465 e. The molecule has 2 heterocycles. The van der Waals surface area contributed by atoms with Gasteiger partial charge in [0.25, 0.3) is 0 Å². The number of carbonyl (C=O) groups is 1. The summed E-state index contributed by atoms with van der Waals surface area (Å²) in [6.45, 7) is 2.92. The fourth-order valence-electron chi connectivity index (χ4n) is 2.32. The van der Waals surface area contributed by atoms with Crippen molar-refractivity contribution in [3.8, 4) is 0 Å². The number of carbonyl (C=O) groups excluding carboxylic acids is 1. The van der Waals surface area contributed by atoms with Gasteiger partial charge >= 0.3 is 0 Å². The molecule has 1 atom stereocenters. The summed E-state index contributed by atoms with van der Waals surface area (Å²) in [4.78, 5) is 14.1. The van der Waals surface area contributed by atoms with Crippen LogP contribution in [0.3, 0.4) is 0 Å². The minimum atomic E-state index is -0.00727. The molecule has 0 aliphatic carbocycles. The van der Waals surface area contributed by atoms with Gasteiger partial charge in [-0.1, -0.05) is 0 Å². The largest absolute Gasteiger partial charge is 0.465 e. The molecule has 0 aromatic carbocycles. The van der Waals surface area contributed by atoms with E-state index < -0.39 is 0 Å². The second-order valence-corrected chi connectivity index (χ2v) is 4.92. The summed E-state index contributed by atoms with van der Waals surface area (Å²) >= 11 is 0. The Hall–Kier alpha value is -1.59. The van der Waals surface area contributed by atoms with E-state index in [0.717, 1.165) is 19.5 Å². The lowest BCUT2D eigenvalue weighted by atomic mass is 10.2. The molecule has 20 heavy (non-hydrogen) atoms. The third-order valence-corrected chi connectivity index (χ3v) is 3.41. The molecule has 1 N–H and O–H groups in total. The predicted octanol–water partition coefficient (Wildman–Crippen LogP) is 1.52. The highest BCUT2D eigenvalue weighted by atomic mass is 16.5. The van der Waals surface area contributed by atoms with E-state index in [2.05, 4.69) is 5.32 Å². The van der Waals surface area contributed by atoms with Crippen LogP contribution in [0.15, 0.2) is 28.9 Å². The van der Waals surface area contributed by atoms with Crippen molar-refractivity contribution in [2.24, 2.45) is 0 Å². The van der Waals surface area contributed by atoms with Gasteiger partial charge in [-0.15, -0.1) is 0 Å². The number of rotatable bonds is 7. The Labute approximate surface area is 119 Å². The summed E-state index contributed by atoms with van der Waals surface area (Å²) in [6, 6.07) is 4.02. The normalized spacial score (nSPS) is 18.8. The molecule has 1 amide bonds. The van der Waals surface area contributed by atoms with Crippen LogP contribution in [0.5, 0.6) is 0 Å². The lowest BCUT2D eigenvalue weighted by Crippen LogP contribution is -2.42. The maximum absolute atomic E-state index is 12.2. The van der Waals surface area contributed by atoms with E-state index in [9.17, 15) is 4.79 Å². The van der Waals surface area contributed by atoms with Crippen LogP contribution < -0.4 is 5.32 Å². The van der Waals surface area contributed by atoms with Crippen LogP contribution in [0.1, 0.15) is 18.6 Å². The highest BCUT2D eigenvalue weighted by Gasteiger charge is 2.20. The zero-order valence-electron chi connectivity index (χ0n) is 11.9. The quantitative estimate of drug-likeness (QED) is 0.768. The van der Waals surface area contributed by atoms with Crippen LogP contribution in [-0.2, 0) is 9.53 Å². The molecule has 0 bridgehead atoms. The van der Waals surface area contributed by atoms with Gasteiger partial charge in [-0.25, -0.2) is 0 Å². The van der Waals surface area contributed by atoms with Crippen molar-refractivity contribution >= 4 is 12.0 Å². The minimum absolute atomic E-state index is 0.00727. The van der Waals surface area contributed by atoms with Crippen molar-refractivity contribution in [2.45, 2.75) is 18.9 Å². The number of nitrogens with one attached hydrogen (secondary N) is 1. The Balaban J connectivity index is 1.91. The van der Waals surface area contributed by atoms with Crippen LogP contribution in [0.2, 0.25) is 0 Å². The van der Waals surface area contributed by atoms with Gasteiger partial charge in [0.1, 0.15) is 5.76 Å². The fraction of sp³-hybridized carbons (Fsp3) is 0.533. The molecule has 5 nitrogen and oxygen atoms in total. The molecule has 1 unspecified atom stereocenters. The fourth-order valence-corrected chi connectivity index (χ4v) is 2.32. The van der Waals surface area contributed by atoms with Gasteiger partial charge in [0.05, 0.1) is 12.9 Å². The van der Waals surface area contributed by atoms with E-state index in [1.807, 2.05) is 11.0 Å². The van der Waals surface area contributed by atoms with Crippen molar-refractivity contribution in [1.29, 1.82) is 0 Å². The van der Waals surface area contributed by atoms with E-state index in [-0.39, 0.29) is 5.91 Å². The van der Waals surface area contributed by atoms with Gasteiger partial charge in [-0.3, -0.25) is 4.79 Å².